The molecule has 0 aromatic carbocycles. The number of unbranched alkanes of at least 4 members (excludes halogenated alkanes) is 1. The lowest BCUT2D eigenvalue weighted by Gasteiger charge is -2.26. The first kappa shape index (κ1) is 12.0. The van der Waals surface area contributed by atoms with Crippen LogP contribution in [0.5, 0.6) is 0 Å². The molecule has 0 fully saturated rings. The van der Waals surface area contributed by atoms with E-state index in [0.717, 1.165) is 12.3 Å². The van der Waals surface area contributed by atoms with E-state index in [9.17, 15) is 0 Å². The van der Waals surface area contributed by atoms with Gasteiger partial charge in [0.05, 0.1) is 0 Å². The Balaban J connectivity index is 3.60. The summed E-state index contributed by atoms with van der Waals surface area (Å²) >= 11 is 0. The van der Waals surface area contributed by atoms with E-state index in [4.69, 9.17) is 0 Å². The molecule has 1 radical (unpaired) electrons. The van der Waals surface area contributed by atoms with Crippen molar-refractivity contribution in [2.75, 3.05) is 0 Å². The van der Waals surface area contributed by atoms with Crippen molar-refractivity contribution in [1.29, 1.82) is 0 Å². The second-order valence-corrected chi connectivity index (χ2v) is 4.87. The van der Waals surface area contributed by atoms with Crippen LogP contribution in [0.2, 0.25) is 0 Å². The molecule has 0 nitrogen and oxygen atoms in total. The van der Waals surface area contributed by atoms with Crippen molar-refractivity contribution in [2.45, 2.75) is 59.8 Å². The summed E-state index contributed by atoms with van der Waals surface area (Å²) < 4.78 is 0. The fourth-order valence-electron chi connectivity index (χ4n) is 1.70. The monoisotopic (exact) mass is 169 g/mol. The van der Waals surface area contributed by atoms with Gasteiger partial charge in [-0.05, 0) is 24.2 Å². The number of hydrogen-bond donors (Lipinski definition) is 0. The van der Waals surface area contributed by atoms with E-state index in [1.807, 2.05) is 0 Å². The Morgan fingerprint density at radius 2 is 1.92 bits per heavy atom. The smallest absolute Gasteiger partial charge is 0.0352 e. The van der Waals surface area contributed by atoms with Crippen molar-refractivity contribution in [3.63, 3.8) is 0 Å². The Hall–Kier alpha value is 0. The Morgan fingerprint density at radius 3 is 2.33 bits per heavy atom. The van der Waals surface area contributed by atoms with Crippen molar-refractivity contribution in [2.24, 2.45) is 11.3 Å². The third-order valence-electron chi connectivity index (χ3n) is 2.63. The summed E-state index contributed by atoms with van der Waals surface area (Å²) in [6, 6.07) is 0. The first-order valence-corrected chi connectivity index (χ1v) is 5.31. The standard InChI is InChI=1S/C12H25/c1-6-8-9-11(3)10-12(4,5)7-2/h11H,2,6-10H2,1,3-5H3. The molecular formula is C12H25. The van der Waals surface area contributed by atoms with E-state index in [1.165, 1.54) is 25.7 Å². The molecule has 0 heteroatoms. The van der Waals surface area contributed by atoms with Gasteiger partial charge in [-0.1, -0.05) is 53.9 Å². The van der Waals surface area contributed by atoms with Crippen LogP contribution in [0.1, 0.15) is 59.8 Å². The predicted molar refractivity (Wildman–Crippen MR) is 57.1 cm³/mol. The average Bonchev–Trinajstić information content (AvgIpc) is 2.00. The lowest BCUT2D eigenvalue weighted by molar-refractivity contribution is 0.267. The van der Waals surface area contributed by atoms with E-state index < -0.39 is 0 Å². The van der Waals surface area contributed by atoms with Gasteiger partial charge in [0.25, 0.3) is 0 Å². The van der Waals surface area contributed by atoms with E-state index in [-0.39, 0.29) is 0 Å². The third-order valence-corrected chi connectivity index (χ3v) is 2.63. The topological polar surface area (TPSA) is 0 Å². The maximum Gasteiger partial charge on any atom is -0.0352 e. The summed E-state index contributed by atoms with van der Waals surface area (Å²) in [5.74, 6) is 0.877. The SMILES string of the molecule is [CH2]CC(C)(C)CC(C)CCCC. The molecule has 0 bridgehead atoms. The van der Waals surface area contributed by atoms with Gasteiger partial charge in [-0.2, -0.15) is 0 Å². The normalized spacial score (nSPS) is 14.8. The first-order chi connectivity index (χ1) is 5.52. The van der Waals surface area contributed by atoms with Gasteiger partial charge in [-0.15, -0.1) is 0 Å². The minimum atomic E-state index is 0.452. The maximum atomic E-state index is 3.99. The van der Waals surface area contributed by atoms with Gasteiger partial charge in [0, 0.05) is 0 Å². The molecule has 0 amide bonds. The summed E-state index contributed by atoms with van der Waals surface area (Å²) in [4.78, 5) is 0. The van der Waals surface area contributed by atoms with Gasteiger partial charge >= 0.3 is 0 Å². The molecule has 0 spiro atoms. The predicted octanol–water partition coefficient (Wildman–Crippen LogP) is 4.45. The zero-order valence-corrected chi connectivity index (χ0v) is 9.32. The second-order valence-electron chi connectivity index (χ2n) is 4.87. The van der Waals surface area contributed by atoms with Crippen molar-refractivity contribution < 1.29 is 0 Å². The van der Waals surface area contributed by atoms with Gasteiger partial charge in [0.2, 0.25) is 0 Å². The Bertz CT molecular complexity index is 103. The van der Waals surface area contributed by atoms with E-state index in [2.05, 4.69) is 34.6 Å². The van der Waals surface area contributed by atoms with Crippen LogP contribution in [-0.2, 0) is 0 Å². The minimum Gasteiger partial charge on any atom is -0.0654 e. The van der Waals surface area contributed by atoms with Crippen LogP contribution in [0, 0.1) is 18.3 Å². The summed E-state index contributed by atoms with van der Waals surface area (Å²) in [7, 11) is 0. The van der Waals surface area contributed by atoms with Crippen LogP contribution in [0.4, 0.5) is 0 Å². The van der Waals surface area contributed by atoms with Gasteiger partial charge in [-0.3, -0.25) is 0 Å². The van der Waals surface area contributed by atoms with Gasteiger partial charge in [0.15, 0.2) is 0 Å². The lowest BCUT2D eigenvalue weighted by atomic mass is 9.80. The first-order valence-electron chi connectivity index (χ1n) is 5.31. The largest absolute Gasteiger partial charge is 0.0654 e. The van der Waals surface area contributed by atoms with E-state index in [0.29, 0.717) is 5.41 Å². The maximum absolute atomic E-state index is 3.99. The fourth-order valence-corrected chi connectivity index (χ4v) is 1.70. The molecule has 0 saturated heterocycles. The Morgan fingerprint density at radius 1 is 1.33 bits per heavy atom. The van der Waals surface area contributed by atoms with Crippen molar-refractivity contribution in [3.8, 4) is 0 Å². The molecule has 0 heterocycles. The number of rotatable bonds is 6. The zero-order chi connectivity index (χ0) is 9.61. The Kier molecular flexibility index (Phi) is 5.61. The van der Waals surface area contributed by atoms with Crippen LogP contribution in [0.3, 0.4) is 0 Å². The average molecular weight is 169 g/mol. The number of hydrogen-bond acceptors (Lipinski definition) is 0. The molecule has 73 valence electrons. The summed E-state index contributed by atoms with van der Waals surface area (Å²) in [5, 5.41) is 0. The van der Waals surface area contributed by atoms with Gasteiger partial charge in [-0.25, -0.2) is 0 Å². The molecule has 0 N–H and O–H groups in total. The van der Waals surface area contributed by atoms with Crippen molar-refractivity contribution in [3.05, 3.63) is 6.92 Å². The molecule has 0 aromatic rings. The molecule has 12 heavy (non-hydrogen) atoms. The van der Waals surface area contributed by atoms with E-state index >= 15 is 0 Å². The second kappa shape index (κ2) is 5.61. The molecule has 0 aromatic heterocycles. The highest BCUT2D eigenvalue weighted by atomic mass is 14.2. The van der Waals surface area contributed by atoms with Crippen molar-refractivity contribution >= 4 is 0 Å². The minimum absolute atomic E-state index is 0.452. The molecule has 1 atom stereocenters. The van der Waals surface area contributed by atoms with Gasteiger partial charge < -0.3 is 0 Å². The molecule has 0 saturated carbocycles. The molecule has 0 aliphatic carbocycles. The van der Waals surface area contributed by atoms with Gasteiger partial charge in [0.1, 0.15) is 0 Å². The van der Waals surface area contributed by atoms with Crippen LogP contribution >= 0.6 is 0 Å². The van der Waals surface area contributed by atoms with E-state index in [1.54, 1.807) is 0 Å². The Labute approximate surface area is 78.8 Å². The van der Waals surface area contributed by atoms with Crippen LogP contribution < -0.4 is 0 Å². The highest BCUT2D eigenvalue weighted by Crippen LogP contribution is 2.30. The van der Waals surface area contributed by atoms with Crippen LogP contribution in [0.15, 0.2) is 0 Å². The lowest BCUT2D eigenvalue weighted by Crippen LogP contribution is -2.14. The molecule has 0 aliphatic heterocycles. The third kappa shape index (κ3) is 5.62. The highest BCUT2D eigenvalue weighted by molar-refractivity contribution is 4.72. The summed E-state index contributed by atoms with van der Waals surface area (Å²) in [5.41, 5.74) is 0.452. The molecule has 0 rings (SSSR count). The quantitative estimate of drug-likeness (QED) is 0.551. The molecular weight excluding hydrogens is 144 g/mol. The molecule has 1 unspecified atom stereocenters. The van der Waals surface area contributed by atoms with Crippen LogP contribution in [0.25, 0.3) is 0 Å². The fraction of sp³-hybridized carbons (Fsp3) is 0.917. The van der Waals surface area contributed by atoms with Crippen molar-refractivity contribution in [1.82, 2.24) is 0 Å². The molecule has 0 aliphatic rings. The summed E-state index contributed by atoms with van der Waals surface area (Å²) in [6.45, 7) is 13.3. The van der Waals surface area contributed by atoms with Crippen LogP contribution in [-0.4, -0.2) is 0 Å². The summed E-state index contributed by atoms with van der Waals surface area (Å²) in [6.07, 6.45) is 6.49. The highest BCUT2D eigenvalue weighted by Gasteiger charge is 2.18. The zero-order valence-electron chi connectivity index (χ0n) is 9.32.